The largest absolute Gasteiger partial charge is 0.461 e. The van der Waals surface area contributed by atoms with E-state index in [9.17, 15) is 9.90 Å². The number of ether oxygens (including phenoxy) is 2. The molecule has 5 aliphatic rings. The fraction of sp³-hybridized carbons (Fsp3) is 0.933. The topological polar surface area (TPSA) is 59.1 Å². The standard InChI is InChI=1S/C15H20O4/c1-13(2)7-8-10(16)14(3)6(19-14)4-5-15(8)9(7)11(13)18-12(15)17/h6-11,16H,4-5H2,1-3H3/t6-,7?,8-,9?,10-,11?,14-,15?/m0/s1. The first-order valence-electron chi connectivity index (χ1n) is 7.42. The van der Waals surface area contributed by atoms with Crippen molar-refractivity contribution < 1.29 is 19.4 Å². The van der Waals surface area contributed by atoms with Crippen molar-refractivity contribution in [3.63, 3.8) is 0 Å². The fourth-order valence-corrected chi connectivity index (χ4v) is 6.13. The molecule has 3 saturated carbocycles. The van der Waals surface area contributed by atoms with Gasteiger partial charge in [-0.25, -0.2) is 0 Å². The minimum Gasteiger partial charge on any atom is -0.461 e. The molecule has 0 radical (unpaired) electrons. The molecular weight excluding hydrogens is 244 g/mol. The summed E-state index contributed by atoms with van der Waals surface area (Å²) in [5.74, 6) is 0.768. The van der Waals surface area contributed by atoms with Gasteiger partial charge in [-0.3, -0.25) is 4.79 Å². The molecule has 5 rings (SSSR count). The van der Waals surface area contributed by atoms with Gasteiger partial charge in [-0.05, 0) is 25.7 Å². The Labute approximate surface area is 112 Å². The van der Waals surface area contributed by atoms with Gasteiger partial charge in [-0.15, -0.1) is 0 Å². The van der Waals surface area contributed by atoms with E-state index in [0.717, 1.165) is 12.8 Å². The first kappa shape index (κ1) is 11.1. The lowest BCUT2D eigenvalue weighted by molar-refractivity contribution is -0.287. The van der Waals surface area contributed by atoms with Crippen molar-refractivity contribution in [2.24, 2.45) is 28.6 Å². The van der Waals surface area contributed by atoms with Crippen molar-refractivity contribution in [1.29, 1.82) is 0 Å². The Balaban J connectivity index is 1.65. The van der Waals surface area contributed by atoms with Gasteiger partial charge in [0.05, 0.1) is 17.6 Å². The molecule has 8 atom stereocenters. The zero-order valence-corrected chi connectivity index (χ0v) is 11.6. The normalized spacial score (nSPS) is 66.6. The number of rotatable bonds is 0. The third-order valence-electron chi connectivity index (χ3n) is 7.22. The van der Waals surface area contributed by atoms with Crippen molar-refractivity contribution in [2.75, 3.05) is 0 Å². The molecular formula is C15H20O4. The smallest absolute Gasteiger partial charge is 0.313 e. The average Bonchev–Trinajstić information content (AvgIpc) is 2.94. The van der Waals surface area contributed by atoms with Crippen LogP contribution in [0.25, 0.3) is 0 Å². The minimum absolute atomic E-state index is 0.0110. The number of hydrogen-bond donors (Lipinski definition) is 1. The van der Waals surface area contributed by atoms with Gasteiger partial charge >= 0.3 is 5.97 Å². The van der Waals surface area contributed by atoms with Crippen LogP contribution in [0.3, 0.4) is 0 Å². The predicted octanol–water partition coefficient (Wildman–Crippen LogP) is 1.11. The maximum Gasteiger partial charge on any atom is 0.313 e. The summed E-state index contributed by atoms with van der Waals surface area (Å²) in [6, 6.07) is 0. The molecule has 4 unspecified atom stereocenters. The molecule has 0 amide bonds. The van der Waals surface area contributed by atoms with Gasteiger partial charge in [-0.1, -0.05) is 13.8 Å². The van der Waals surface area contributed by atoms with Gasteiger partial charge in [0.15, 0.2) is 0 Å². The fourth-order valence-electron chi connectivity index (χ4n) is 6.13. The third kappa shape index (κ3) is 0.831. The van der Waals surface area contributed by atoms with E-state index < -0.39 is 11.7 Å². The number of carbonyl (C=O) groups is 1. The molecule has 2 heterocycles. The van der Waals surface area contributed by atoms with Gasteiger partial charge in [0, 0.05) is 17.3 Å². The number of aliphatic hydroxyl groups is 1. The van der Waals surface area contributed by atoms with Crippen LogP contribution in [-0.2, 0) is 14.3 Å². The van der Waals surface area contributed by atoms with E-state index in [0.29, 0.717) is 11.8 Å². The van der Waals surface area contributed by atoms with Crippen molar-refractivity contribution >= 4 is 5.97 Å². The number of esters is 1. The van der Waals surface area contributed by atoms with Crippen LogP contribution in [-0.4, -0.2) is 35.0 Å². The Bertz CT molecular complexity index is 512. The number of aliphatic hydroxyl groups excluding tert-OH is 1. The second-order valence-electron chi connectivity index (χ2n) is 8.04. The lowest BCUT2D eigenvalue weighted by Gasteiger charge is -2.71. The summed E-state index contributed by atoms with van der Waals surface area (Å²) in [5, 5.41) is 10.8. The van der Waals surface area contributed by atoms with Gasteiger partial charge in [-0.2, -0.15) is 0 Å². The van der Waals surface area contributed by atoms with Crippen molar-refractivity contribution in [1.82, 2.24) is 0 Å². The Morgan fingerprint density at radius 3 is 2.68 bits per heavy atom. The zero-order valence-electron chi connectivity index (χ0n) is 11.6. The molecule has 19 heavy (non-hydrogen) atoms. The average molecular weight is 264 g/mol. The van der Waals surface area contributed by atoms with Crippen LogP contribution in [0.4, 0.5) is 0 Å². The van der Waals surface area contributed by atoms with Crippen LogP contribution >= 0.6 is 0 Å². The van der Waals surface area contributed by atoms with Crippen LogP contribution in [0.15, 0.2) is 0 Å². The highest BCUT2D eigenvalue weighted by molar-refractivity contribution is 5.84. The maximum absolute atomic E-state index is 12.5. The lowest BCUT2D eigenvalue weighted by Crippen LogP contribution is -2.76. The van der Waals surface area contributed by atoms with E-state index in [1.165, 1.54) is 0 Å². The summed E-state index contributed by atoms with van der Waals surface area (Å²) in [6.45, 7) is 6.34. The third-order valence-corrected chi connectivity index (χ3v) is 7.22. The highest BCUT2D eigenvalue weighted by atomic mass is 16.6. The monoisotopic (exact) mass is 264 g/mol. The molecule has 3 aliphatic carbocycles. The second-order valence-corrected chi connectivity index (χ2v) is 8.04. The predicted molar refractivity (Wildman–Crippen MR) is 65.1 cm³/mol. The van der Waals surface area contributed by atoms with Crippen LogP contribution < -0.4 is 0 Å². The molecule has 0 aromatic heterocycles. The van der Waals surface area contributed by atoms with Gasteiger partial charge in [0.1, 0.15) is 11.7 Å². The van der Waals surface area contributed by atoms with Crippen LogP contribution in [0.5, 0.6) is 0 Å². The van der Waals surface area contributed by atoms with Crippen LogP contribution in [0.2, 0.25) is 0 Å². The minimum atomic E-state index is -0.521. The number of fused-ring (bicyclic) bond motifs is 2. The first-order chi connectivity index (χ1) is 8.85. The summed E-state index contributed by atoms with van der Waals surface area (Å²) >= 11 is 0. The first-order valence-corrected chi connectivity index (χ1v) is 7.42. The second kappa shape index (κ2) is 2.60. The van der Waals surface area contributed by atoms with E-state index in [1.807, 2.05) is 6.92 Å². The number of epoxide rings is 1. The molecule has 0 aromatic carbocycles. The van der Waals surface area contributed by atoms with Crippen molar-refractivity contribution in [3.05, 3.63) is 0 Å². The highest BCUT2D eigenvalue weighted by Gasteiger charge is 2.88. The Morgan fingerprint density at radius 1 is 1.21 bits per heavy atom. The zero-order chi connectivity index (χ0) is 13.4. The molecule has 4 nitrogen and oxygen atoms in total. The highest BCUT2D eigenvalue weighted by Crippen LogP contribution is 2.81. The SMILES string of the molecule is CC1(C)C2OC(=O)C34CC[C@@H]5O[C@]5(C)[C@@H](O)[C@@H]3C1C24. The van der Waals surface area contributed by atoms with Crippen molar-refractivity contribution in [2.45, 2.75) is 57.5 Å². The van der Waals surface area contributed by atoms with Crippen molar-refractivity contribution in [3.8, 4) is 0 Å². The van der Waals surface area contributed by atoms with Gasteiger partial charge in [0.2, 0.25) is 0 Å². The summed E-state index contributed by atoms with van der Waals surface area (Å²) < 4.78 is 11.4. The molecule has 0 bridgehead atoms. The maximum atomic E-state index is 12.5. The molecule has 2 aliphatic heterocycles. The molecule has 0 aromatic rings. The van der Waals surface area contributed by atoms with E-state index in [1.54, 1.807) is 0 Å². The molecule has 104 valence electrons. The van der Waals surface area contributed by atoms with Gasteiger partial charge < -0.3 is 14.6 Å². The van der Waals surface area contributed by atoms with E-state index in [4.69, 9.17) is 9.47 Å². The van der Waals surface area contributed by atoms with Crippen LogP contribution in [0.1, 0.15) is 33.6 Å². The van der Waals surface area contributed by atoms with E-state index in [-0.39, 0.29) is 34.9 Å². The molecule has 1 spiro atoms. The molecule has 5 fully saturated rings. The quantitative estimate of drug-likeness (QED) is 0.526. The lowest BCUT2D eigenvalue weighted by atomic mass is 9.30. The van der Waals surface area contributed by atoms with Crippen LogP contribution in [0, 0.1) is 28.6 Å². The summed E-state index contributed by atoms with van der Waals surface area (Å²) in [5.41, 5.74) is -0.787. The summed E-state index contributed by atoms with van der Waals surface area (Å²) in [7, 11) is 0. The Morgan fingerprint density at radius 2 is 1.95 bits per heavy atom. The summed E-state index contributed by atoms with van der Waals surface area (Å²) in [4.78, 5) is 12.5. The molecule has 4 heteroatoms. The Kier molecular flexibility index (Phi) is 1.52. The van der Waals surface area contributed by atoms with E-state index in [2.05, 4.69) is 13.8 Å². The number of carbonyl (C=O) groups excluding carboxylic acids is 1. The molecule has 1 N–H and O–H groups in total. The Hall–Kier alpha value is -0.610. The molecule has 2 saturated heterocycles. The summed E-state index contributed by atoms with van der Waals surface area (Å²) in [6.07, 6.45) is 1.41. The number of hydrogen-bond acceptors (Lipinski definition) is 4. The van der Waals surface area contributed by atoms with Gasteiger partial charge in [0.25, 0.3) is 0 Å². The van der Waals surface area contributed by atoms with E-state index >= 15 is 0 Å².